The van der Waals surface area contributed by atoms with Crippen LogP contribution in [0.1, 0.15) is 17.5 Å². The molecule has 0 N–H and O–H groups in total. The van der Waals surface area contributed by atoms with Gasteiger partial charge in [0.05, 0.1) is 0 Å². The molecular weight excluding hydrogens is 235 g/mol. The van der Waals surface area contributed by atoms with Crippen LogP contribution >= 0.6 is 0 Å². The summed E-state index contributed by atoms with van der Waals surface area (Å²) in [6, 6.07) is 17.0. The summed E-state index contributed by atoms with van der Waals surface area (Å²) in [5.41, 5.74) is 5.61. The lowest BCUT2D eigenvalue weighted by molar-refractivity contribution is 0.532. The second-order valence-corrected chi connectivity index (χ2v) is 4.95. The molecule has 98 valence electrons. The largest absolute Gasteiger partial charge is 0.246 e. The molecular formula is C18H19F. The van der Waals surface area contributed by atoms with Crippen molar-refractivity contribution in [1.82, 2.24) is 0 Å². The highest BCUT2D eigenvalue weighted by Crippen LogP contribution is 2.21. The van der Waals surface area contributed by atoms with Gasteiger partial charge in [0.25, 0.3) is 0 Å². The first kappa shape index (κ1) is 13.5. The summed E-state index contributed by atoms with van der Waals surface area (Å²) in [5, 5.41) is 0. The van der Waals surface area contributed by atoms with E-state index >= 15 is 0 Å². The van der Waals surface area contributed by atoms with Gasteiger partial charge in [0.2, 0.25) is 0 Å². The van der Waals surface area contributed by atoms with Gasteiger partial charge in [-0.1, -0.05) is 60.7 Å². The van der Waals surface area contributed by atoms with Crippen LogP contribution in [0.15, 0.2) is 60.7 Å². The molecule has 0 saturated carbocycles. The van der Waals surface area contributed by atoms with Crippen LogP contribution in [0.3, 0.4) is 0 Å². The maximum absolute atomic E-state index is 12.3. The van der Waals surface area contributed by atoms with Gasteiger partial charge in [-0.15, -0.1) is 0 Å². The van der Waals surface area contributed by atoms with Crippen molar-refractivity contribution in [2.45, 2.75) is 19.8 Å². The normalized spacial score (nSPS) is 10.4. The van der Waals surface area contributed by atoms with Gasteiger partial charge in [0.1, 0.15) is 6.67 Å². The van der Waals surface area contributed by atoms with Crippen LogP contribution in [0, 0.1) is 6.92 Å². The first-order valence-corrected chi connectivity index (χ1v) is 6.57. The van der Waals surface area contributed by atoms with E-state index in [9.17, 15) is 4.39 Å². The third-order valence-electron chi connectivity index (χ3n) is 3.30. The summed E-state index contributed by atoms with van der Waals surface area (Å²) in [6.07, 6.45) is 1.58. The van der Waals surface area contributed by atoms with E-state index in [4.69, 9.17) is 0 Å². The Labute approximate surface area is 114 Å². The summed E-state index contributed by atoms with van der Waals surface area (Å²) in [5.74, 6) is 0. The molecule has 0 radical (unpaired) electrons. The van der Waals surface area contributed by atoms with Crippen molar-refractivity contribution in [3.8, 4) is 11.1 Å². The Balaban J connectivity index is 2.06. The maximum atomic E-state index is 12.3. The number of allylic oxidation sites excluding steroid dienone is 1. The Kier molecular flexibility index (Phi) is 4.51. The average Bonchev–Trinajstić information content (AvgIpc) is 2.46. The number of aryl methyl sites for hydroxylation is 2. The third-order valence-corrected chi connectivity index (χ3v) is 3.30. The van der Waals surface area contributed by atoms with Gasteiger partial charge >= 0.3 is 0 Å². The zero-order valence-corrected chi connectivity index (χ0v) is 11.3. The van der Waals surface area contributed by atoms with Gasteiger partial charge < -0.3 is 0 Å². The molecule has 19 heavy (non-hydrogen) atoms. The molecule has 0 aliphatic heterocycles. The minimum Gasteiger partial charge on any atom is -0.246 e. The SMILES string of the molecule is C=C(CF)CCc1ccc(-c2ccc(C)cc2)cc1. The van der Waals surface area contributed by atoms with Crippen LogP contribution in [0.5, 0.6) is 0 Å². The van der Waals surface area contributed by atoms with Crippen molar-refractivity contribution in [1.29, 1.82) is 0 Å². The lowest BCUT2D eigenvalue weighted by Crippen LogP contribution is -1.90. The predicted molar refractivity (Wildman–Crippen MR) is 80.1 cm³/mol. The predicted octanol–water partition coefficient (Wildman–Crippen LogP) is 5.12. The molecule has 0 aromatic heterocycles. The van der Waals surface area contributed by atoms with E-state index in [1.165, 1.54) is 22.3 Å². The number of hydrogen-bond donors (Lipinski definition) is 0. The van der Waals surface area contributed by atoms with Crippen molar-refractivity contribution in [3.63, 3.8) is 0 Å². The Morgan fingerprint density at radius 3 is 2.00 bits per heavy atom. The van der Waals surface area contributed by atoms with Gasteiger partial charge in [-0.2, -0.15) is 0 Å². The zero-order valence-electron chi connectivity index (χ0n) is 11.3. The van der Waals surface area contributed by atoms with E-state index in [0.29, 0.717) is 5.57 Å². The molecule has 1 heteroatoms. The Bertz CT molecular complexity index is 535. The van der Waals surface area contributed by atoms with Crippen molar-refractivity contribution in [2.75, 3.05) is 6.67 Å². The average molecular weight is 254 g/mol. The third kappa shape index (κ3) is 3.78. The van der Waals surface area contributed by atoms with E-state index in [1.54, 1.807) is 0 Å². The van der Waals surface area contributed by atoms with Crippen molar-refractivity contribution < 1.29 is 4.39 Å². The van der Waals surface area contributed by atoms with Gasteiger partial charge in [-0.25, -0.2) is 4.39 Å². The summed E-state index contributed by atoms with van der Waals surface area (Å²) in [4.78, 5) is 0. The van der Waals surface area contributed by atoms with Gasteiger partial charge in [0.15, 0.2) is 0 Å². The van der Waals surface area contributed by atoms with Gasteiger partial charge in [-0.05, 0) is 42.0 Å². The van der Waals surface area contributed by atoms with Crippen molar-refractivity contribution in [3.05, 3.63) is 71.8 Å². The summed E-state index contributed by atoms with van der Waals surface area (Å²) >= 11 is 0. The van der Waals surface area contributed by atoms with Crippen molar-refractivity contribution in [2.24, 2.45) is 0 Å². The molecule has 2 rings (SSSR count). The molecule has 0 spiro atoms. The monoisotopic (exact) mass is 254 g/mol. The topological polar surface area (TPSA) is 0 Å². The molecule has 0 aliphatic rings. The number of halogens is 1. The van der Waals surface area contributed by atoms with E-state index < -0.39 is 6.67 Å². The molecule has 0 unspecified atom stereocenters. The van der Waals surface area contributed by atoms with Crippen LogP contribution in [-0.2, 0) is 6.42 Å². The van der Waals surface area contributed by atoms with Gasteiger partial charge in [-0.3, -0.25) is 0 Å². The second-order valence-electron chi connectivity index (χ2n) is 4.95. The van der Waals surface area contributed by atoms with E-state index in [2.05, 4.69) is 62.0 Å². The Morgan fingerprint density at radius 1 is 0.947 bits per heavy atom. The lowest BCUT2D eigenvalue weighted by Gasteiger charge is -2.05. The van der Waals surface area contributed by atoms with Gasteiger partial charge in [0, 0.05) is 0 Å². The molecule has 0 fully saturated rings. The van der Waals surface area contributed by atoms with Crippen LogP contribution in [0.25, 0.3) is 11.1 Å². The van der Waals surface area contributed by atoms with Crippen LogP contribution in [-0.4, -0.2) is 6.67 Å². The highest BCUT2D eigenvalue weighted by Gasteiger charge is 1.99. The molecule has 0 nitrogen and oxygen atoms in total. The highest BCUT2D eigenvalue weighted by molar-refractivity contribution is 5.63. The Morgan fingerprint density at radius 2 is 1.47 bits per heavy atom. The van der Waals surface area contributed by atoms with Crippen LogP contribution < -0.4 is 0 Å². The fourth-order valence-electron chi connectivity index (χ4n) is 2.00. The fourth-order valence-corrected chi connectivity index (χ4v) is 2.00. The lowest BCUT2D eigenvalue weighted by atomic mass is 10.0. The summed E-state index contributed by atoms with van der Waals surface area (Å²) in [6.45, 7) is 5.36. The summed E-state index contributed by atoms with van der Waals surface area (Å²) in [7, 11) is 0. The number of alkyl halides is 1. The quantitative estimate of drug-likeness (QED) is 0.650. The van der Waals surface area contributed by atoms with Crippen molar-refractivity contribution >= 4 is 0 Å². The molecule has 0 amide bonds. The minimum absolute atomic E-state index is 0.415. The molecule has 0 heterocycles. The molecule has 2 aromatic carbocycles. The number of benzene rings is 2. The van der Waals surface area contributed by atoms with Crippen LogP contribution in [0.2, 0.25) is 0 Å². The Hall–Kier alpha value is -1.89. The van der Waals surface area contributed by atoms with E-state index in [0.717, 1.165) is 12.8 Å². The number of hydrogen-bond acceptors (Lipinski definition) is 0. The standard InChI is InChI=1S/C18H19F/c1-14-4-9-17(10-5-14)18-11-7-16(8-12-18)6-3-15(2)13-19/h4-5,7-12H,2-3,6,13H2,1H3. The molecule has 0 saturated heterocycles. The zero-order chi connectivity index (χ0) is 13.7. The minimum atomic E-state index is -0.415. The first-order chi connectivity index (χ1) is 9.19. The van der Waals surface area contributed by atoms with E-state index in [-0.39, 0.29) is 0 Å². The number of rotatable bonds is 5. The molecule has 0 bridgehead atoms. The summed E-state index contributed by atoms with van der Waals surface area (Å²) < 4.78 is 12.3. The van der Waals surface area contributed by atoms with Crippen LogP contribution in [0.4, 0.5) is 4.39 Å². The molecule has 0 aliphatic carbocycles. The first-order valence-electron chi connectivity index (χ1n) is 6.57. The fraction of sp³-hybridized carbons (Fsp3) is 0.222. The van der Waals surface area contributed by atoms with E-state index in [1.807, 2.05) is 0 Å². The maximum Gasteiger partial charge on any atom is 0.110 e. The smallest absolute Gasteiger partial charge is 0.110 e. The molecule has 2 aromatic rings. The molecule has 0 atom stereocenters. The second kappa shape index (κ2) is 6.33. The highest BCUT2D eigenvalue weighted by atomic mass is 19.1.